The molecule has 0 saturated heterocycles. The summed E-state index contributed by atoms with van der Waals surface area (Å²) in [6.45, 7) is 3.37. The summed E-state index contributed by atoms with van der Waals surface area (Å²) >= 11 is 0. The van der Waals surface area contributed by atoms with Gasteiger partial charge < -0.3 is 14.0 Å². The van der Waals surface area contributed by atoms with Crippen molar-refractivity contribution in [2.24, 2.45) is 14.1 Å². The van der Waals surface area contributed by atoms with Crippen LogP contribution in [0, 0.1) is 0 Å². The van der Waals surface area contributed by atoms with Crippen molar-refractivity contribution in [2.75, 3.05) is 6.54 Å². The summed E-state index contributed by atoms with van der Waals surface area (Å²) < 4.78 is 4.49. The van der Waals surface area contributed by atoms with Gasteiger partial charge in [-0.2, -0.15) is 0 Å². The molecule has 0 aromatic carbocycles. The van der Waals surface area contributed by atoms with Crippen molar-refractivity contribution in [2.45, 2.75) is 19.5 Å². The number of amides is 1. The van der Waals surface area contributed by atoms with Gasteiger partial charge in [0, 0.05) is 51.3 Å². The first-order valence-corrected chi connectivity index (χ1v) is 7.80. The molecule has 1 aliphatic rings. The molecule has 0 aliphatic carbocycles. The number of carbonyl (C=O) groups is 1. The SMILES string of the molecule is C[C@H]1c2cccn2CCN1C(=O)/C=C/c1cn(C)c(=O)n(C)c1=O. The highest BCUT2D eigenvalue weighted by molar-refractivity contribution is 5.92. The van der Waals surface area contributed by atoms with Gasteiger partial charge in [0.25, 0.3) is 5.56 Å². The third kappa shape index (κ3) is 2.62. The van der Waals surface area contributed by atoms with Gasteiger partial charge in [0.1, 0.15) is 0 Å². The summed E-state index contributed by atoms with van der Waals surface area (Å²) in [4.78, 5) is 38.1. The van der Waals surface area contributed by atoms with E-state index in [0.29, 0.717) is 12.1 Å². The normalized spacial score (nSPS) is 17.3. The van der Waals surface area contributed by atoms with E-state index in [2.05, 4.69) is 4.57 Å². The number of fused-ring (bicyclic) bond motifs is 1. The fraction of sp³-hybridized carbons (Fsp3) is 0.353. The number of hydrogen-bond acceptors (Lipinski definition) is 3. The largest absolute Gasteiger partial charge is 0.348 e. The number of hydrogen-bond donors (Lipinski definition) is 0. The van der Waals surface area contributed by atoms with Crippen molar-refractivity contribution in [1.82, 2.24) is 18.6 Å². The maximum absolute atomic E-state index is 12.5. The van der Waals surface area contributed by atoms with Crippen molar-refractivity contribution in [3.63, 3.8) is 0 Å². The second-order valence-electron chi connectivity index (χ2n) is 6.01. The van der Waals surface area contributed by atoms with Gasteiger partial charge >= 0.3 is 5.69 Å². The minimum Gasteiger partial charge on any atom is -0.348 e. The molecule has 0 spiro atoms. The number of nitrogens with zero attached hydrogens (tertiary/aromatic N) is 4. The molecule has 1 aliphatic heterocycles. The van der Waals surface area contributed by atoms with Crippen molar-refractivity contribution >= 4 is 12.0 Å². The topological polar surface area (TPSA) is 69.2 Å². The van der Waals surface area contributed by atoms with Gasteiger partial charge in [-0.05, 0) is 25.1 Å². The Morgan fingerprint density at radius 1 is 1.25 bits per heavy atom. The minimum absolute atomic E-state index is 0.0196. The lowest BCUT2D eigenvalue weighted by Gasteiger charge is -2.34. The summed E-state index contributed by atoms with van der Waals surface area (Å²) in [5, 5.41) is 0. The maximum Gasteiger partial charge on any atom is 0.330 e. The molecular formula is C17H20N4O3. The van der Waals surface area contributed by atoms with E-state index < -0.39 is 11.2 Å². The van der Waals surface area contributed by atoms with E-state index in [1.165, 1.54) is 30.0 Å². The third-order valence-electron chi connectivity index (χ3n) is 4.50. The quantitative estimate of drug-likeness (QED) is 0.754. The van der Waals surface area contributed by atoms with E-state index in [4.69, 9.17) is 0 Å². The van der Waals surface area contributed by atoms with Gasteiger partial charge in [-0.15, -0.1) is 0 Å². The molecule has 3 heterocycles. The summed E-state index contributed by atoms with van der Waals surface area (Å²) in [6.07, 6.45) is 6.33. The van der Waals surface area contributed by atoms with Crippen LogP contribution in [0.4, 0.5) is 0 Å². The molecule has 0 fully saturated rings. The number of aryl methyl sites for hydroxylation is 1. The third-order valence-corrected chi connectivity index (χ3v) is 4.50. The molecule has 126 valence electrons. The van der Waals surface area contributed by atoms with Gasteiger partial charge in [0.2, 0.25) is 5.91 Å². The van der Waals surface area contributed by atoms with Crippen LogP contribution >= 0.6 is 0 Å². The van der Waals surface area contributed by atoms with Crippen molar-refractivity contribution in [1.29, 1.82) is 0 Å². The zero-order valence-corrected chi connectivity index (χ0v) is 14.0. The van der Waals surface area contributed by atoms with E-state index >= 15 is 0 Å². The Bertz CT molecular complexity index is 932. The molecule has 2 aromatic rings. The smallest absolute Gasteiger partial charge is 0.330 e. The highest BCUT2D eigenvalue weighted by Gasteiger charge is 2.25. The molecule has 2 aromatic heterocycles. The Hall–Kier alpha value is -2.83. The monoisotopic (exact) mass is 328 g/mol. The average molecular weight is 328 g/mol. The van der Waals surface area contributed by atoms with Crippen LogP contribution in [-0.4, -0.2) is 31.1 Å². The Morgan fingerprint density at radius 2 is 2.00 bits per heavy atom. The molecule has 0 N–H and O–H groups in total. The predicted octanol–water partition coefficient (Wildman–Crippen LogP) is 0.502. The summed E-state index contributed by atoms with van der Waals surface area (Å²) in [7, 11) is 2.99. The van der Waals surface area contributed by atoms with Crippen LogP contribution in [0.1, 0.15) is 24.2 Å². The average Bonchev–Trinajstić information content (AvgIpc) is 3.04. The Morgan fingerprint density at radius 3 is 2.75 bits per heavy atom. The molecule has 7 heteroatoms. The summed E-state index contributed by atoms with van der Waals surface area (Å²) in [5.41, 5.74) is 0.596. The van der Waals surface area contributed by atoms with Gasteiger partial charge in [-0.25, -0.2) is 4.79 Å². The van der Waals surface area contributed by atoms with Crippen molar-refractivity contribution in [3.05, 3.63) is 62.7 Å². The zero-order chi connectivity index (χ0) is 17.4. The highest BCUT2D eigenvalue weighted by atomic mass is 16.2. The van der Waals surface area contributed by atoms with Crippen molar-refractivity contribution < 1.29 is 4.79 Å². The number of rotatable bonds is 2. The molecule has 24 heavy (non-hydrogen) atoms. The molecule has 0 bridgehead atoms. The van der Waals surface area contributed by atoms with Gasteiger partial charge in [0.15, 0.2) is 0 Å². The van der Waals surface area contributed by atoms with Crippen LogP contribution in [0.15, 0.2) is 40.2 Å². The molecule has 0 radical (unpaired) electrons. The standard InChI is InChI=1S/C17H20N4O3/c1-12-14-5-4-8-20(14)9-10-21(12)15(22)7-6-13-11-18(2)17(24)19(3)16(13)23/h4-8,11-12H,9-10H2,1-3H3/b7-6+/t12-/m0/s1. The Kier molecular flexibility index (Phi) is 4.01. The van der Waals surface area contributed by atoms with Crippen LogP contribution in [0.5, 0.6) is 0 Å². The van der Waals surface area contributed by atoms with Crippen LogP contribution < -0.4 is 11.2 Å². The first-order chi connectivity index (χ1) is 11.4. The molecular weight excluding hydrogens is 308 g/mol. The second kappa shape index (κ2) is 5.99. The number of carbonyl (C=O) groups excluding carboxylic acids is 1. The minimum atomic E-state index is -0.414. The van der Waals surface area contributed by atoms with Crippen LogP contribution in [0.2, 0.25) is 0 Å². The molecule has 0 saturated carbocycles. The number of aromatic nitrogens is 3. The van der Waals surface area contributed by atoms with Crippen LogP contribution in [0.25, 0.3) is 6.08 Å². The van der Waals surface area contributed by atoms with E-state index in [1.54, 1.807) is 11.9 Å². The zero-order valence-electron chi connectivity index (χ0n) is 14.0. The maximum atomic E-state index is 12.5. The van der Waals surface area contributed by atoms with Gasteiger partial charge in [-0.1, -0.05) is 0 Å². The molecule has 1 atom stereocenters. The molecule has 1 amide bonds. The van der Waals surface area contributed by atoms with E-state index in [9.17, 15) is 14.4 Å². The lowest BCUT2D eigenvalue weighted by molar-refractivity contribution is -0.129. The highest BCUT2D eigenvalue weighted by Crippen LogP contribution is 2.25. The fourth-order valence-electron chi connectivity index (χ4n) is 3.09. The lowest BCUT2D eigenvalue weighted by atomic mass is 10.1. The van der Waals surface area contributed by atoms with Gasteiger partial charge in [-0.3, -0.25) is 14.2 Å². The van der Waals surface area contributed by atoms with E-state index in [-0.39, 0.29) is 11.9 Å². The lowest BCUT2D eigenvalue weighted by Crippen LogP contribution is -2.40. The summed E-state index contributed by atoms with van der Waals surface area (Å²) in [5.74, 6) is -0.147. The fourth-order valence-corrected chi connectivity index (χ4v) is 3.09. The second-order valence-corrected chi connectivity index (χ2v) is 6.01. The van der Waals surface area contributed by atoms with Crippen LogP contribution in [-0.2, 0) is 25.4 Å². The van der Waals surface area contributed by atoms with E-state index in [1.807, 2.05) is 25.3 Å². The molecule has 7 nitrogen and oxygen atoms in total. The van der Waals surface area contributed by atoms with Crippen LogP contribution in [0.3, 0.4) is 0 Å². The first-order valence-electron chi connectivity index (χ1n) is 7.80. The van der Waals surface area contributed by atoms with Crippen molar-refractivity contribution in [3.8, 4) is 0 Å². The molecule has 3 rings (SSSR count). The Labute approximate surface area is 139 Å². The summed E-state index contributed by atoms with van der Waals surface area (Å²) in [6, 6.07) is 3.97. The first kappa shape index (κ1) is 16.0. The Balaban J connectivity index is 1.85. The molecule has 0 unspecified atom stereocenters. The van der Waals surface area contributed by atoms with Gasteiger partial charge in [0.05, 0.1) is 11.6 Å². The van der Waals surface area contributed by atoms with E-state index in [0.717, 1.165) is 16.8 Å². The predicted molar refractivity (Wildman–Crippen MR) is 90.5 cm³/mol.